The van der Waals surface area contributed by atoms with Crippen LogP contribution < -0.4 is 4.90 Å². The van der Waals surface area contributed by atoms with Crippen LogP contribution in [0.15, 0.2) is 55.1 Å². The summed E-state index contributed by atoms with van der Waals surface area (Å²) in [7, 11) is 0. The third-order valence-electron chi connectivity index (χ3n) is 4.79. The van der Waals surface area contributed by atoms with Crippen molar-refractivity contribution in [3.8, 4) is 11.1 Å². The highest BCUT2D eigenvalue weighted by Crippen LogP contribution is 2.42. The first kappa shape index (κ1) is 14.6. The number of ketones is 1. The largest absolute Gasteiger partial charge is 0.359 e. The normalized spacial score (nSPS) is 19.1. The summed E-state index contributed by atoms with van der Waals surface area (Å²) < 4.78 is 0. The summed E-state index contributed by atoms with van der Waals surface area (Å²) in [5.74, 6) is 2.05. The molecule has 0 bridgehead atoms. The Morgan fingerprint density at radius 2 is 2.00 bits per heavy atom. The van der Waals surface area contributed by atoms with Gasteiger partial charge in [0, 0.05) is 30.2 Å². The summed E-state index contributed by atoms with van der Waals surface area (Å²) in [4.78, 5) is 14.6. The molecule has 1 heterocycles. The van der Waals surface area contributed by atoms with Crippen molar-refractivity contribution in [3.63, 3.8) is 0 Å². The maximum atomic E-state index is 12.3. The highest BCUT2D eigenvalue weighted by molar-refractivity contribution is 7.99. The first-order valence-electron chi connectivity index (χ1n) is 8.00. The van der Waals surface area contributed by atoms with Crippen LogP contribution in [-0.4, -0.2) is 29.9 Å². The van der Waals surface area contributed by atoms with Gasteiger partial charge in [-0.05, 0) is 34.4 Å². The lowest BCUT2D eigenvalue weighted by molar-refractivity contribution is -0.115. The minimum absolute atomic E-state index is 0.0820. The van der Waals surface area contributed by atoms with Gasteiger partial charge in [-0.2, -0.15) is 11.8 Å². The number of rotatable bonds is 3. The predicted octanol–water partition coefficient (Wildman–Crippen LogP) is 3.93. The second-order valence-corrected chi connectivity index (χ2v) is 7.18. The zero-order valence-corrected chi connectivity index (χ0v) is 13.8. The zero-order valence-electron chi connectivity index (χ0n) is 13.0. The van der Waals surface area contributed by atoms with Gasteiger partial charge in [-0.15, -0.1) is 0 Å². The fourth-order valence-electron chi connectivity index (χ4n) is 3.67. The highest BCUT2D eigenvalue weighted by atomic mass is 32.2. The van der Waals surface area contributed by atoms with E-state index in [2.05, 4.69) is 53.9 Å². The lowest BCUT2D eigenvalue weighted by Gasteiger charge is -2.37. The Morgan fingerprint density at radius 3 is 2.87 bits per heavy atom. The van der Waals surface area contributed by atoms with Crippen LogP contribution in [0.1, 0.15) is 11.1 Å². The van der Waals surface area contributed by atoms with E-state index in [4.69, 9.17) is 0 Å². The van der Waals surface area contributed by atoms with Gasteiger partial charge in [-0.3, -0.25) is 4.79 Å². The zero-order chi connectivity index (χ0) is 15.8. The molecular weight excluding hydrogens is 302 g/mol. The Hall–Kier alpha value is -2.00. The molecule has 1 aliphatic heterocycles. The highest BCUT2D eigenvalue weighted by Gasteiger charge is 2.31. The number of nitrogens with zero attached hydrogens (tertiary/aromatic N) is 1. The number of carbonyl (C=O) groups is 1. The second kappa shape index (κ2) is 5.89. The van der Waals surface area contributed by atoms with Crippen molar-refractivity contribution in [1.29, 1.82) is 0 Å². The van der Waals surface area contributed by atoms with Crippen LogP contribution in [0.5, 0.6) is 0 Å². The summed E-state index contributed by atoms with van der Waals surface area (Å²) in [6.45, 7) is 4.60. The van der Waals surface area contributed by atoms with Crippen molar-refractivity contribution in [3.05, 3.63) is 66.2 Å². The number of hydrogen-bond donors (Lipinski definition) is 0. The van der Waals surface area contributed by atoms with Crippen LogP contribution in [0.4, 0.5) is 5.69 Å². The Balaban J connectivity index is 1.79. The summed E-state index contributed by atoms with van der Waals surface area (Å²) in [6.07, 6.45) is 2.43. The molecular formula is C20H19NOS. The Kier molecular flexibility index (Phi) is 3.74. The van der Waals surface area contributed by atoms with Gasteiger partial charge in [0.05, 0.1) is 0 Å². The Bertz CT molecular complexity index is 783. The maximum Gasteiger partial charge on any atom is 0.178 e. The summed E-state index contributed by atoms with van der Waals surface area (Å²) in [5, 5.41) is 0. The van der Waals surface area contributed by atoms with E-state index >= 15 is 0 Å². The molecule has 0 aromatic heterocycles. The third-order valence-corrected chi connectivity index (χ3v) is 5.82. The van der Waals surface area contributed by atoms with Crippen molar-refractivity contribution in [2.45, 2.75) is 12.5 Å². The third kappa shape index (κ3) is 2.40. The quantitative estimate of drug-likeness (QED) is 0.682. The summed E-state index contributed by atoms with van der Waals surface area (Å²) >= 11 is 1.86. The van der Waals surface area contributed by atoms with Gasteiger partial charge in [0.25, 0.3) is 0 Å². The van der Waals surface area contributed by atoms with Crippen LogP contribution in [0.25, 0.3) is 11.1 Å². The number of benzene rings is 2. The monoisotopic (exact) mass is 321 g/mol. The van der Waals surface area contributed by atoms with E-state index in [1.54, 1.807) is 0 Å². The predicted molar refractivity (Wildman–Crippen MR) is 98.3 cm³/mol. The van der Waals surface area contributed by atoms with Crippen molar-refractivity contribution < 1.29 is 4.79 Å². The average Bonchev–Trinajstić information content (AvgIpc) is 3.00. The van der Waals surface area contributed by atoms with Gasteiger partial charge in [0.2, 0.25) is 0 Å². The van der Waals surface area contributed by atoms with Crippen LogP contribution in [0.2, 0.25) is 0 Å². The summed E-state index contributed by atoms with van der Waals surface area (Å²) in [6, 6.07) is 15.0. The van der Waals surface area contributed by atoms with Gasteiger partial charge < -0.3 is 4.90 Å². The molecule has 4 rings (SSSR count). The van der Waals surface area contributed by atoms with Crippen molar-refractivity contribution in [1.82, 2.24) is 0 Å². The molecule has 116 valence electrons. The fourth-order valence-corrected chi connectivity index (χ4v) is 4.73. The molecule has 1 aliphatic carbocycles. The molecule has 0 N–H and O–H groups in total. The first-order valence-corrected chi connectivity index (χ1v) is 9.16. The number of thioether (sulfide) groups is 1. The van der Waals surface area contributed by atoms with Gasteiger partial charge in [-0.1, -0.05) is 43.0 Å². The SMILES string of the molecule is C=CC(=O)C1CSCCN1c1cccc2c1Cc1ccccc1-2. The minimum atomic E-state index is -0.0820. The fraction of sp³-hybridized carbons (Fsp3) is 0.250. The van der Waals surface area contributed by atoms with E-state index < -0.39 is 0 Å². The molecule has 2 aliphatic rings. The van der Waals surface area contributed by atoms with E-state index in [-0.39, 0.29) is 11.8 Å². The number of fused-ring (bicyclic) bond motifs is 3. The molecule has 1 fully saturated rings. The topological polar surface area (TPSA) is 20.3 Å². The van der Waals surface area contributed by atoms with E-state index in [9.17, 15) is 4.79 Å². The molecule has 2 aromatic carbocycles. The molecule has 1 unspecified atom stereocenters. The molecule has 3 heteroatoms. The van der Waals surface area contributed by atoms with E-state index in [1.165, 1.54) is 34.0 Å². The van der Waals surface area contributed by atoms with Gasteiger partial charge in [0.15, 0.2) is 5.78 Å². The number of anilines is 1. The standard InChI is InChI=1S/C20H19NOS/c1-2-20(22)19-13-23-11-10-21(19)18-9-5-8-16-15-7-4-3-6-14(15)12-17(16)18/h2-9,19H,1,10-13H2. The van der Waals surface area contributed by atoms with Crippen LogP contribution >= 0.6 is 11.8 Å². The second-order valence-electron chi connectivity index (χ2n) is 6.03. The first-order chi connectivity index (χ1) is 11.3. The molecule has 0 radical (unpaired) electrons. The lowest BCUT2D eigenvalue weighted by Crippen LogP contribution is -2.47. The van der Waals surface area contributed by atoms with Crippen molar-refractivity contribution >= 4 is 23.2 Å². The smallest absolute Gasteiger partial charge is 0.178 e. The molecule has 2 aromatic rings. The van der Waals surface area contributed by atoms with E-state index in [0.717, 1.165) is 24.5 Å². The molecule has 0 saturated carbocycles. The van der Waals surface area contributed by atoms with Gasteiger partial charge >= 0.3 is 0 Å². The Labute approximate surface area is 141 Å². The van der Waals surface area contributed by atoms with Gasteiger partial charge in [0.1, 0.15) is 6.04 Å². The maximum absolute atomic E-state index is 12.3. The molecule has 1 atom stereocenters. The van der Waals surface area contributed by atoms with Crippen molar-refractivity contribution in [2.24, 2.45) is 0 Å². The number of hydrogen-bond acceptors (Lipinski definition) is 3. The van der Waals surface area contributed by atoms with E-state index in [0.29, 0.717) is 0 Å². The van der Waals surface area contributed by atoms with Gasteiger partial charge in [-0.25, -0.2) is 0 Å². The molecule has 23 heavy (non-hydrogen) atoms. The minimum Gasteiger partial charge on any atom is -0.359 e. The van der Waals surface area contributed by atoms with Crippen LogP contribution in [0.3, 0.4) is 0 Å². The number of carbonyl (C=O) groups excluding carboxylic acids is 1. The molecule has 2 nitrogen and oxygen atoms in total. The van der Waals surface area contributed by atoms with E-state index in [1.807, 2.05) is 11.8 Å². The molecule has 1 saturated heterocycles. The van der Waals surface area contributed by atoms with Crippen LogP contribution in [-0.2, 0) is 11.2 Å². The molecule has 0 amide bonds. The Morgan fingerprint density at radius 1 is 1.17 bits per heavy atom. The van der Waals surface area contributed by atoms with Crippen molar-refractivity contribution in [2.75, 3.05) is 23.0 Å². The van der Waals surface area contributed by atoms with Crippen LogP contribution in [0, 0.1) is 0 Å². The average molecular weight is 321 g/mol. The lowest BCUT2D eigenvalue weighted by atomic mass is 10.0. The molecule has 0 spiro atoms. The summed E-state index contributed by atoms with van der Waals surface area (Å²) in [5.41, 5.74) is 6.62.